The van der Waals surface area contributed by atoms with Gasteiger partial charge in [-0.15, -0.1) is 0 Å². The molecule has 0 aromatic carbocycles. The number of hydrogen-bond donors (Lipinski definition) is 0. The van der Waals surface area contributed by atoms with Crippen LogP contribution in [0.25, 0.3) is 0 Å². The molecule has 0 fully saturated rings. The molecule has 0 amide bonds. The molecule has 86 valence electrons. The molecule has 0 aliphatic rings. The van der Waals surface area contributed by atoms with Gasteiger partial charge in [-0.3, -0.25) is 0 Å². The van der Waals surface area contributed by atoms with Crippen molar-refractivity contribution in [1.82, 2.24) is 0 Å². The van der Waals surface area contributed by atoms with Crippen molar-refractivity contribution in [2.24, 2.45) is 0 Å². The Bertz CT molecular complexity index is 273. The molecule has 4 heteroatoms. The monoisotopic (exact) mass is 214 g/mol. The minimum absolute atomic E-state index is 0.255. The quantitative estimate of drug-likeness (QED) is 0.531. The Balaban J connectivity index is 4.23. The lowest BCUT2D eigenvalue weighted by Crippen LogP contribution is -2.33. The van der Waals surface area contributed by atoms with Crippen LogP contribution in [0.5, 0.6) is 0 Å². The topological polar surface area (TPSA) is 52.6 Å². The van der Waals surface area contributed by atoms with E-state index in [2.05, 4.69) is 6.58 Å². The van der Waals surface area contributed by atoms with Crippen molar-refractivity contribution in [1.29, 1.82) is 0 Å². The highest BCUT2D eigenvalue weighted by molar-refractivity contribution is 5.89. The zero-order chi connectivity index (χ0) is 12.2. The van der Waals surface area contributed by atoms with Gasteiger partial charge >= 0.3 is 11.9 Å². The maximum absolute atomic E-state index is 11.4. The minimum Gasteiger partial charge on any atom is -0.457 e. The van der Waals surface area contributed by atoms with Crippen molar-refractivity contribution in [2.75, 3.05) is 0 Å². The third-order valence-electron chi connectivity index (χ3n) is 1.37. The van der Waals surface area contributed by atoms with E-state index in [1.54, 1.807) is 20.8 Å². The van der Waals surface area contributed by atoms with Gasteiger partial charge in [0.1, 0.15) is 5.60 Å². The molecular formula is C11H18O4. The Morgan fingerprint density at radius 3 is 2.07 bits per heavy atom. The Morgan fingerprint density at radius 1 is 1.27 bits per heavy atom. The molecule has 0 aliphatic heterocycles. The van der Waals surface area contributed by atoms with Crippen LogP contribution in [0.15, 0.2) is 12.2 Å². The summed E-state index contributed by atoms with van der Waals surface area (Å²) in [5.74, 6) is -1.15. The average Bonchev–Trinajstić information content (AvgIpc) is 2.00. The van der Waals surface area contributed by atoms with Crippen LogP contribution >= 0.6 is 0 Å². The van der Waals surface area contributed by atoms with Crippen LogP contribution in [-0.2, 0) is 19.1 Å². The summed E-state index contributed by atoms with van der Waals surface area (Å²) in [6.45, 7) is 11.6. The largest absolute Gasteiger partial charge is 0.457 e. The van der Waals surface area contributed by atoms with Crippen LogP contribution in [0.3, 0.4) is 0 Å². The van der Waals surface area contributed by atoms with E-state index in [1.165, 1.54) is 13.8 Å². The van der Waals surface area contributed by atoms with Gasteiger partial charge in [0.15, 0.2) is 6.10 Å². The fourth-order valence-corrected chi connectivity index (χ4v) is 0.694. The Kier molecular flexibility index (Phi) is 4.52. The van der Waals surface area contributed by atoms with Gasteiger partial charge in [0.25, 0.3) is 0 Å². The van der Waals surface area contributed by atoms with Crippen LogP contribution in [0.1, 0.15) is 34.6 Å². The Hall–Kier alpha value is -1.32. The second kappa shape index (κ2) is 4.96. The fraction of sp³-hybridized carbons (Fsp3) is 0.636. The van der Waals surface area contributed by atoms with E-state index in [4.69, 9.17) is 9.47 Å². The molecule has 0 spiro atoms. The second-order valence-electron chi connectivity index (χ2n) is 4.36. The van der Waals surface area contributed by atoms with Gasteiger partial charge in [-0.25, -0.2) is 9.59 Å². The van der Waals surface area contributed by atoms with Gasteiger partial charge in [0.05, 0.1) is 0 Å². The van der Waals surface area contributed by atoms with Gasteiger partial charge < -0.3 is 9.47 Å². The molecule has 0 saturated carbocycles. The van der Waals surface area contributed by atoms with Crippen molar-refractivity contribution < 1.29 is 19.1 Å². The lowest BCUT2D eigenvalue weighted by Gasteiger charge is -2.22. The predicted octanol–water partition coefficient (Wildman–Crippen LogP) is 1.84. The Labute approximate surface area is 90.2 Å². The van der Waals surface area contributed by atoms with Gasteiger partial charge in [0, 0.05) is 5.57 Å². The molecule has 15 heavy (non-hydrogen) atoms. The average molecular weight is 214 g/mol. The molecule has 0 radical (unpaired) electrons. The minimum atomic E-state index is -0.909. The van der Waals surface area contributed by atoms with E-state index in [0.717, 1.165) is 0 Å². The van der Waals surface area contributed by atoms with Crippen molar-refractivity contribution in [3.8, 4) is 0 Å². The van der Waals surface area contributed by atoms with Crippen LogP contribution in [0.4, 0.5) is 0 Å². The number of rotatable bonds is 3. The summed E-state index contributed by atoms with van der Waals surface area (Å²) in [4.78, 5) is 22.5. The van der Waals surface area contributed by atoms with Gasteiger partial charge in [-0.05, 0) is 34.6 Å². The Morgan fingerprint density at radius 2 is 1.73 bits per heavy atom. The zero-order valence-electron chi connectivity index (χ0n) is 9.92. The van der Waals surface area contributed by atoms with Crippen molar-refractivity contribution in [3.63, 3.8) is 0 Å². The molecule has 0 aromatic heterocycles. The number of esters is 2. The molecule has 1 unspecified atom stereocenters. The smallest absolute Gasteiger partial charge is 0.347 e. The van der Waals surface area contributed by atoms with Gasteiger partial charge in [-0.1, -0.05) is 6.58 Å². The zero-order valence-corrected chi connectivity index (χ0v) is 9.92. The molecule has 0 aliphatic carbocycles. The molecule has 0 saturated heterocycles. The number of ether oxygens (including phenoxy) is 2. The number of carbonyl (C=O) groups is 2. The summed E-state index contributed by atoms with van der Waals surface area (Å²) in [6.07, 6.45) is -0.909. The third-order valence-corrected chi connectivity index (χ3v) is 1.37. The highest BCUT2D eigenvalue weighted by Crippen LogP contribution is 2.10. The first-order valence-corrected chi connectivity index (χ1v) is 4.73. The summed E-state index contributed by atoms with van der Waals surface area (Å²) < 4.78 is 9.84. The third kappa shape index (κ3) is 5.88. The van der Waals surface area contributed by atoms with E-state index in [1.807, 2.05) is 0 Å². The van der Waals surface area contributed by atoms with E-state index < -0.39 is 23.6 Å². The highest BCUT2D eigenvalue weighted by atomic mass is 16.6. The molecule has 0 N–H and O–H groups in total. The summed E-state index contributed by atoms with van der Waals surface area (Å²) in [5.41, 5.74) is -0.327. The molecule has 0 rings (SSSR count). The molecular weight excluding hydrogens is 196 g/mol. The van der Waals surface area contributed by atoms with E-state index >= 15 is 0 Å². The van der Waals surface area contributed by atoms with Crippen molar-refractivity contribution >= 4 is 11.9 Å². The van der Waals surface area contributed by atoms with Crippen LogP contribution in [-0.4, -0.2) is 23.6 Å². The normalized spacial score (nSPS) is 12.9. The first-order valence-electron chi connectivity index (χ1n) is 4.73. The molecule has 0 heterocycles. The molecule has 0 aromatic rings. The van der Waals surface area contributed by atoms with Crippen LogP contribution in [0, 0.1) is 0 Å². The first-order chi connectivity index (χ1) is 6.63. The molecule has 1 atom stereocenters. The maximum atomic E-state index is 11.4. The standard InChI is InChI=1S/C11H18O4/c1-7(2)9(12)14-8(3)10(13)15-11(4,5)6/h8H,1H2,2-6H3. The maximum Gasteiger partial charge on any atom is 0.347 e. The first kappa shape index (κ1) is 13.7. The molecule has 4 nitrogen and oxygen atoms in total. The lowest BCUT2D eigenvalue weighted by atomic mass is 10.2. The summed E-state index contributed by atoms with van der Waals surface area (Å²) in [6, 6.07) is 0. The highest BCUT2D eigenvalue weighted by Gasteiger charge is 2.24. The van der Waals surface area contributed by atoms with Gasteiger partial charge in [0.2, 0.25) is 0 Å². The summed E-state index contributed by atoms with van der Waals surface area (Å²) >= 11 is 0. The SMILES string of the molecule is C=C(C)C(=O)OC(C)C(=O)OC(C)(C)C. The van der Waals surface area contributed by atoms with Crippen molar-refractivity contribution in [2.45, 2.75) is 46.3 Å². The van der Waals surface area contributed by atoms with Crippen LogP contribution in [0.2, 0.25) is 0 Å². The number of carbonyl (C=O) groups excluding carboxylic acids is 2. The van der Waals surface area contributed by atoms with E-state index in [0.29, 0.717) is 0 Å². The van der Waals surface area contributed by atoms with Crippen LogP contribution < -0.4 is 0 Å². The predicted molar refractivity (Wildman–Crippen MR) is 56.2 cm³/mol. The summed E-state index contributed by atoms with van der Waals surface area (Å²) in [5, 5.41) is 0. The van der Waals surface area contributed by atoms with Crippen molar-refractivity contribution in [3.05, 3.63) is 12.2 Å². The second-order valence-corrected chi connectivity index (χ2v) is 4.36. The van der Waals surface area contributed by atoms with E-state index in [9.17, 15) is 9.59 Å². The van der Waals surface area contributed by atoms with Gasteiger partial charge in [-0.2, -0.15) is 0 Å². The number of hydrogen-bond acceptors (Lipinski definition) is 4. The lowest BCUT2D eigenvalue weighted by molar-refractivity contribution is -0.172. The fourth-order valence-electron chi connectivity index (χ4n) is 0.694. The molecule has 0 bridgehead atoms. The van der Waals surface area contributed by atoms with E-state index in [-0.39, 0.29) is 5.57 Å². The summed E-state index contributed by atoms with van der Waals surface area (Å²) in [7, 11) is 0.